The Morgan fingerprint density at radius 2 is 2.24 bits per heavy atom. The summed E-state index contributed by atoms with van der Waals surface area (Å²) in [6.45, 7) is 6.63. The van der Waals surface area contributed by atoms with Crippen molar-refractivity contribution < 1.29 is 4.74 Å². The number of hydrogen-bond acceptors (Lipinski definition) is 5. The lowest BCUT2D eigenvalue weighted by Crippen LogP contribution is -2.25. The molecule has 1 fully saturated rings. The summed E-state index contributed by atoms with van der Waals surface area (Å²) in [6.07, 6.45) is 6.95. The number of rotatable bonds is 5. The maximum atomic E-state index is 6.05. The Morgan fingerprint density at radius 1 is 1.36 bits per heavy atom. The van der Waals surface area contributed by atoms with E-state index in [-0.39, 0.29) is 6.10 Å². The standard InChI is InChI=1S/C18H24N6O/c1-12-16(13(2)23(3)22-12)17-14(5-8-25-17)9-19-10-15-11-24-7-4-6-20-18(24)21-15/h4,6-7,11,14,17,19H,5,8-10H2,1-3H3/t14-,17+/m1/s1. The SMILES string of the molecule is Cc1nn(C)c(C)c1[C@H]1OCC[C@@H]1CNCc1cn2cccnc2n1. The molecule has 0 saturated carbocycles. The Hall–Kier alpha value is -2.25. The van der Waals surface area contributed by atoms with Crippen molar-refractivity contribution in [3.05, 3.63) is 47.3 Å². The number of fused-ring (bicyclic) bond motifs is 1. The first-order valence-electron chi connectivity index (χ1n) is 8.74. The minimum atomic E-state index is 0.129. The number of imidazole rings is 1. The maximum Gasteiger partial charge on any atom is 0.233 e. The number of aryl methyl sites for hydroxylation is 2. The van der Waals surface area contributed by atoms with Gasteiger partial charge in [-0.05, 0) is 26.3 Å². The third kappa shape index (κ3) is 3.05. The van der Waals surface area contributed by atoms with E-state index in [0.717, 1.165) is 43.3 Å². The lowest BCUT2D eigenvalue weighted by atomic mass is 9.94. The average Bonchev–Trinajstić information content (AvgIpc) is 3.26. The van der Waals surface area contributed by atoms with E-state index in [2.05, 4.69) is 34.2 Å². The second-order valence-corrected chi connectivity index (χ2v) is 6.74. The molecule has 1 aliphatic heterocycles. The van der Waals surface area contributed by atoms with Crippen LogP contribution in [0.5, 0.6) is 0 Å². The molecule has 0 unspecified atom stereocenters. The fourth-order valence-corrected chi connectivity index (χ4v) is 3.71. The molecule has 1 aliphatic rings. The molecule has 0 amide bonds. The van der Waals surface area contributed by atoms with Gasteiger partial charge < -0.3 is 10.1 Å². The minimum Gasteiger partial charge on any atom is -0.373 e. The van der Waals surface area contributed by atoms with Gasteiger partial charge in [-0.3, -0.25) is 9.08 Å². The van der Waals surface area contributed by atoms with Gasteiger partial charge in [0.25, 0.3) is 0 Å². The van der Waals surface area contributed by atoms with Crippen LogP contribution in [-0.4, -0.2) is 37.3 Å². The van der Waals surface area contributed by atoms with Gasteiger partial charge in [-0.15, -0.1) is 0 Å². The molecule has 0 radical (unpaired) electrons. The summed E-state index contributed by atoms with van der Waals surface area (Å²) < 4.78 is 9.94. The van der Waals surface area contributed by atoms with Crippen LogP contribution >= 0.6 is 0 Å². The van der Waals surface area contributed by atoms with Crippen molar-refractivity contribution in [3.8, 4) is 0 Å². The highest BCUT2D eigenvalue weighted by atomic mass is 16.5. The number of hydrogen-bond donors (Lipinski definition) is 1. The second-order valence-electron chi connectivity index (χ2n) is 6.74. The summed E-state index contributed by atoms with van der Waals surface area (Å²) in [7, 11) is 1.99. The molecule has 3 aromatic heterocycles. The summed E-state index contributed by atoms with van der Waals surface area (Å²) >= 11 is 0. The smallest absolute Gasteiger partial charge is 0.233 e. The van der Waals surface area contributed by atoms with E-state index >= 15 is 0 Å². The Bertz CT molecular complexity index is 850. The molecule has 2 atom stereocenters. The molecule has 4 heterocycles. The van der Waals surface area contributed by atoms with Gasteiger partial charge in [0, 0.05) is 62.5 Å². The monoisotopic (exact) mass is 340 g/mol. The third-order valence-corrected chi connectivity index (χ3v) is 5.06. The van der Waals surface area contributed by atoms with Gasteiger partial charge in [-0.25, -0.2) is 9.97 Å². The predicted octanol–water partition coefficient (Wildman–Crippen LogP) is 1.95. The Labute approximate surface area is 147 Å². The fourth-order valence-electron chi connectivity index (χ4n) is 3.71. The van der Waals surface area contributed by atoms with Crippen molar-refractivity contribution in [2.45, 2.75) is 32.9 Å². The first-order valence-corrected chi connectivity index (χ1v) is 8.74. The van der Waals surface area contributed by atoms with E-state index in [1.807, 2.05) is 34.6 Å². The second kappa shape index (κ2) is 6.57. The van der Waals surface area contributed by atoms with Gasteiger partial charge in [0.2, 0.25) is 5.78 Å². The molecule has 0 aromatic carbocycles. The van der Waals surface area contributed by atoms with E-state index < -0.39 is 0 Å². The zero-order chi connectivity index (χ0) is 17.4. The summed E-state index contributed by atoms with van der Waals surface area (Å²) in [5.74, 6) is 1.19. The molecule has 7 heteroatoms. The van der Waals surface area contributed by atoms with Gasteiger partial charge in [-0.1, -0.05) is 0 Å². The normalized spacial score (nSPS) is 20.6. The molecular formula is C18H24N6O. The summed E-state index contributed by atoms with van der Waals surface area (Å²) in [6, 6.07) is 1.91. The fraction of sp³-hybridized carbons (Fsp3) is 0.500. The van der Waals surface area contributed by atoms with E-state index in [4.69, 9.17) is 4.74 Å². The van der Waals surface area contributed by atoms with Crippen LogP contribution in [0.4, 0.5) is 0 Å². The van der Waals surface area contributed by atoms with Gasteiger partial charge >= 0.3 is 0 Å². The number of nitrogens with one attached hydrogen (secondary N) is 1. The molecule has 0 spiro atoms. The highest BCUT2D eigenvalue weighted by molar-refractivity contribution is 5.30. The zero-order valence-electron chi connectivity index (χ0n) is 14.9. The van der Waals surface area contributed by atoms with Crippen LogP contribution in [0.2, 0.25) is 0 Å². The first-order chi connectivity index (χ1) is 12.1. The van der Waals surface area contributed by atoms with E-state index in [9.17, 15) is 0 Å². The largest absolute Gasteiger partial charge is 0.373 e. The van der Waals surface area contributed by atoms with Crippen molar-refractivity contribution in [3.63, 3.8) is 0 Å². The molecule has 1 N–H and O–H groups in total. The van der Waals surface area contributed by atoms with Gasteiger partial charge in [0.15, 0.2) is 0 Å². The van der Waals surface area contributed by atoms with Crippen LogP contribution in [0.1, 0.15) is 35.2 Å². The van der Waals surface area contributed by atoms with E-state index in [0.29, 0.717) is 5.92 Å². The van der Waals surface area contributed by atoms with Crippen molar-refractivity contribution in [2.24, 2.45) is 13.0 Å². The molecule has 25 heavy (non-hydrogen) atoms. The van der Waals surface area contributed by atoms with Crippen molar-refractivity contribution in [1.82, 2.24) is 29.5 Å². The van der Waals surface area contributed by atoms with E-state index in [1.165, 1.54) is 11.3 Å². The lowest BCUT2D eigenvalue weighted by molar-refractivity contribution is 0.0893. The molecule has 1 saturated heterocycles. The number of ether oxygens (including phenoxy) is 1. The number of nitrogens with zero attached hydrogens (tertiary/aromatic N) is 5. The van der Waals surface area contributed by atoms with Crippen LogP contribution in [-0.2, 0) is 18.3 Å². The third-order valence-electron chi connectivity index (χ3n) is 5.06. The zero-order valence-corrected chi connectivity index (χ0v) is 14.9. The summed E-state index contributed by atoms with van der Waals surface area (Å²) in [5.41, 5.74) is 4.52. The first kappa shape index (κ1) is 16.2. The average molecular weight is 340 g/mol. The molecule has 7 nitrogen and oxygen atoms in total. The predicted molar refractivity (Wildman–Crippen MR) is 94.2 cm³/mol. The van der Waals surface area contributed by atoms with Crippen molar-refractivity contribution >= 4 is 5.78 Å². The van der Waals surface area contributed by atoms with Gasteiger partial charge in [-0.2, -0.15) is 5.10 Å². The maximum absolute atomic E-state index is 6.05. The van der Waals surface area contributed by atoms with Crippen molar-refractivity contribution in [2.75, 3.05) is 13.2 Å². The van der Waals surface area contributed by atoms with Crippen molar-refractivity contribution in [1.29, 1.82) is 0 Å². The highest BCUT2D eigenvalue weighted by Gasteiger charge is 2.33. The van der Waals surface area contributed by atoms with Crippen LogP contribution in [0, 0.1) is 19.8 Å². The quantitative estimate of drug-likeness (QED) is 0.769. The van der Waals surface area contributed by atoms with Crippen LogP contribution in [0.25, 0.3) is 5.78 Å². The summed E-state index contributed by atoms with van der Waals surface area (Å²) in [4.78, 5) is 8.79. The molecule has 3 aromatic rings. The topological polar surface area (TPSA) is 69.3 Å². The Kier molecular flexibility index (Phi) is 4.27. The molecular weight excluding hydrogens is 316 g/mol. The molecule has 132 valence electrons. The Morgan fingerprint density at radius 3 is 3.00 bits per heavy atom. The molecule has 0 bridgehead atoms. The summed E-state index contributed by atoms with van der Waals surface area (Å²) in [5, 5.41) is 8.08. The molecule has 0 aliphatic carbocycles. The molecule has 4 rings (SSSR count). The number of aromatic nitrogens is 5. The highest BCUT2D eigenvalue weighted by Crippen LogP contribution is 2.37. The lowest BCUT2D eigenvalue weighted by Gasteiger charge is -2.19. The van der Waals surface area contributed by atoms with Gasteiger partial charge in [0.05, 0.1) is 17.5 Å². The van der Waals surface area contributed by atoms with Gasteiger partial charge in [0.1, 0.15) is 0 Å². The Balaban J connectivity index is 1.41. The van der Waals surface area contributed by atoms with Crippen LogP contribution in [0.3, 0.4) is 0 Å². The minimum absolute atomic E-state index is 0.129. The van der Waals surface area contributed by atoms with Crippen LogP contribution in [0.15, 0.2) is 24.7 Å². The van der Waals surface area contributed by atoms with E-state index in [1.54, 1.807) is 6.20 Å². The van der Waals surface area contributed by atoms with Crippen LogP contribution < -0.4 is 5.32 Å².